The predicted octanol–water partition coefficient (Wildman–Crippen LogP) is 3.95. The summed E-state index contributed by atoms with van der Waals surface area (Å²) in [7, 11) is 0. The number of hydrogen-bond donors (Lipinski definition) is 1. The molecule has 2 rings (SSSR count). The Morgan fingerprint density at radius 3 is 2.85 bits per heavy atom. The zero-order chi connectivity index (χ0) is 14.5. The van der Waals surface area contributed by atoms with Gasteiger partial charge in [-0.15, -0.1) is 0 Å². The highest BCUT2D eigenvalue weighted by atomic mass is 19.1. The molecule has 112 valence electrons. The van der Waals surface area contributed by atoms with Crippen molar-refractivity contribution in [3.63, 3.8) is 0 Å². The van der Waals surface area contributed by atoms with Gasteiger partial charge in [0.25, 0.3) is 0 Å². The summed E-state index contributed by atoms with van der Waals surface area (Å²) in [4.78, 5) is 2.26. The summed E-state index contributed by atoms with van der Waals surface area (Å²) < 4.78 is 14.3. The smallest absolute Gasteiger partial charge is 0.146 e. The summed E-state index contributed by atoms with van der Waals surface area (Å²) in [6.45, 7) is 9.34. The first-order valence-corrected chi connectivity index (χ1v) is 7.88. The van der Waals surface area contributed by atoms with Gasteiger partial charge < -0.3 is 10.2 Å². The van der Waals surface area contributed by atoms with Crippen molar-refractivity contribution < 1.29 is 4.39 Å². The summed E-state index contributed by atoms with van der Waals surface area (Å²) >= 11 is 0. The maximum atomic E-state index is 14.3. The van der Waals surface area contributed by atoms with Gasteiger partial charge in [0.05, 0.1) is 5.69 Å². The van der Waals surface area contributed by atoms with Crippen LogP contribution in [-0.2, 0) is 6.54 Å². The molecule has 1 fully saturated rings. The minimum atomic E-state index is -0.0813. The van der Waals surface area contributed by atoms with E-state index >= 15 is 0 Å². The van der Waals surface area contributed by atoms with Crippen molar-refractivity contribution in [3.8, 4) is 0 Å². The Balaban J connectivity index is 2.20. The molecule has 1 N–H and O–H groups in total. The van der Waals surface area contributed by atoms with Gasteiger partial charge in [-0.2, -0.15) is 0 Å². The Hall–Kier alpha value is -1.09. The van der Waals surface area contributed by atoms with Gasteiger partial charge in [0.15, 0.2) is 0 Å². The van der Waals surface area contributed by atoms with Crippen LogP contribution in [0.4, 0.5) is 10.1 Å². The third-order valence-electron chi connectivity index (χ3n) is 4.24. The Kier molecular flexibility index (Phi) is 5.41. The summed E-state index contributed by atoms with van der Waals surface area (Å²) in [6, 6.07) is 5.87. The first-order chi connectivity index (χ1) is 9.63. The number of halogens is 1. The molecule has 0 amide bonds. The maximum Gasteiger partial charge on any atom is 0.146 e. The van der Waals surface area contributed by atoms with Crippen LogP contribution < -0.4 is 10.2 Å². The Bertz CT molecular complexity index is 433. The first-order valence-electron chi connectivity index (χ1n) is 7.88. The predicted molar refractivity (Wildman–Crippen MR) is 83.6 cm³/mol. The molecule has 0 bridgehead atoms. The third kappa shape index (κ3) is 3.51. The van der Waals surface area contributed by atoms with Gasteiger partial charge >= 0.3 is 0 Å². The number of hydrogen-bond acceptors (Lipinski definition) is 2. The molecule has 0 aliphatic carbocycles. The molecular formula is C17H27FN2. The molecule has 2 unspecified atom stereocenters. The van der Waals surface area contributed by atoms with E-state index in [1.807, 2.05) is 12.1 Å². The zero-order valence-corrected chi connectivity index (χ0v) is 13.0. The van der Waals surface area contributed by atoms with Crippen LogP contribution in [0.15, 0.2) is 18.2 Å². The summed E-state index contributed by atoms with van der Waals surface area (Å²) in [5.74, 6) is 0.664. The monoisotopic (exact) mass is 278 g/mol. The van der Waals surface area contributed by atoms with Gasteiger partial charge in [0.2, 0.25) is 0 Å². The maximum absolute atomic E-state index is 14.3. The summed E-state index contributed by atoms with van der Waals surface area (Å²) in [5.41, 5.74) is 1.90. The van der Waals surface area contributed by atoms with Crippen LogP contribution in [0.2, 0.25) is 0 Å². The van der Waals surface area contributed by atoms with Crippen LogP contribution in [0.25, 0.3) is 0 Å². The molecule has 20 heavy (non-hydrogen) atoms. The topological polar surface area (TPSA) is 15.3 Å². The van der Waals surface area contributed by atoms with E-state index in [9.17, 15) is 4.39 Å². The van der Waals surface area contributed by atoms with Gasteiger partial charge in [0, 0.05) is 19.1 Å². The van der Waals surface area contributed by atoms with Crippen LogP contribution >= 0.6 is 0 Å². The Morgan fingerprint density at radius 1 is 1.35 bits per heavy atom. The lowest BCUT2D eigenvalue weighted by Crippen LogP contribution is -2.41. The summed E-state index contributed by atoms with van der Waals surface area (Å²) in [6.07, 6.45) is 3.40. The lowest BCUT2D eigenvalue weighted by atomic mass is 9.92. The highest BCUT2D eigenvalue weighted by Gasteiger charge is 2.26. The fourth-order valence-electron chi connectivity index (χ4n) is 3.16. The number of para-hydroxylation sites is 1. The molecule has 1 saturated heterocycles. The highest BCUT2D eigenvalue weighted by molar-refractivity contribution is 5.56. The van der Waals surface area contributed by atoms with Gasteiger partial charge in [-0.3, -0.25) is 0 Å². The molecule has 0 aromatic heterocycles. The van der Waals surface area contributed by atoms with Crippen molar-refractivity contribution in [1.29, 1.82) is 0 Å². The second-order valence-corrected chi connectivity index (χ2v) is 6.10. The van der Waals surface area contributed by atoms with Crippen LogP contribution in [0.3, 0.4) is 0 Å². The van der Waals surface area contributed by atoms with Crippen molar-refractivity contribution >= 4 is 5.69 Å². The van der Waals surface area contributed by atoms with E-state index in [1.165, 1.54) is 0 Å². The van der Waals surface area contributed by atoms with Gasteiger partial charge in [0.1, 0.15) is 5.82 Å². The number of nitrogens with zero attached hydrogens (tertiary/aromatic N) is 1. The normalized spacial score (nSPS) is 23.1. The number of benzene rings is 1. The fourth-order valence-corrected chi connectivity index (χ4v) is 3.16. The largest absolute Gasteiger partial charge is 0.366 e. The first kappa shape index (κ1) is 15.3. The number of rotatable bonds is 5. The minimum absolute atomic E-state index is 0.0813. The molecule has 2 nitrogen and oxygen atoms in total. The van der Waals surface area contributed by atoms with Crippen molar-refractivity contribution in [2.75, 3.05) is 18.0 Å². The Labute approximate surface area is 122 Å². The number of anilines is 1. The van der Waals surface area contributed by atoms with Crippen LogP contribution in [0.5, 0.6) is 0 Å². The van der Waals surface area contributed by atoms with Crippen molar-refractivity contribution in [3.05, 3.63) is 29.6 Å². The van der Waals surface area contributed by atoms with Crippen molar-refractivity contribution in [1.82, 2.24) is 5.32 Å². The minimum Gasteiger partial charge on any atom is -0.366 e. The molecule has 1 aromatic carbocycles. The molecule has 1 heterocycles. The van der Waals surface area contributed by atoms with E-state index < -0.39 is 0 Å². The lowest BCUT2D eigenvalue weighted by Gasteiger charge is -2.39. The van der Waals surface area contributed by atoms with Crippen molar-refractivity contribution in [2.45, 2.75) is 52.6 Å². The Morgan fingerprint density at radius 2 is 2.15 bits per heavy atom. The average Bonchev–Trinajstić information content (AvgIpc) is 2.41. The van der Waals surface area contributed by atoms with Gasteiger partial charge in [-0.05, 0) is 50.3 Å². The number of piperidine rings is 1. The molecule has 0 saturated carbocycles. The standard InChI is InChI=1S/C17H27FN2/c1-4-9-19-12-15-6-5-7-16(18)17(15)20-10-8-13(2)11-14(20)3/h5-7,13-14,19H,4,8-12H2,1-3H3. The molecular weight excluding hydrogens is 251 g/mol. The van der Waals surface area contributed by atoms with Crippen LogP contribution in [0.1, 0.15) is 45.6 Å². The second-order valence-electron chi connectivity index (χ2n) is 6.10. The second kappa shape index (κ2) is 7.07. The third-order valence-corrected chi connectivity index (χ3v) is 4.24. The van der Waals surface area contributed by atoms with Crippen molar-refractivity contribution in [2.24, 2.45) is 5.92 Å². The average molecular weight is 278 g/mol. The molecule has 3 heteroatoms. The van der Waals surface area contributed by atoms with E-state index in [0.29, 0.717) is 6.04 Å². The molecule has 0 radical (unpaired) electrons. The van der Waals surface area contributed by atoms with E-state index in [1.54, 1.807) is 6.07 Å². The molecule has 1 aromatic rings. The molecule has 1 aliphatic rings. The van der Waals surface area contributed by atoms with Crippen LogP contribution in [0, 0.1) is 11.7 Å². The fraction of sp³-hybridized carbons (Fsp3) is 0.647. The van der Waals surface area contributed by atoms with E-state index in [-0.39, 0.29) is 5.82 Å². The quantitative estimate of drug-likeness (QED) is 0.820. The lowest BCUT2D eigenvalue weighted by molar-refractivity contribution is 0.374. The molecule has 2 atom stereocenters. The number of nitrogens with one attached hydrogen (secondary N) is 1. The van der Waals surface area contributed by atoms with Gasteiger partial charge in [-0.25, -0.2) is 4.39 Å². The van der Waals surface area contributed by atoms with E-state index in [0.717, 1.165) is 56.1 Å². The zero-order valence-electron chi connectivity index (χ0n) is 13.0. The molecule has 0 spiro atoms. The SMILES string of the molecule is CCCNCc1cccc(F)c1N1CCC(C)CC1C. The van der Waals surface area contributed by atoms with E-state index in [4.69, 9.17) is 0 Å². The molecule has 1 aliphatic heterocycles. The summed E-state index contributed by atoms with van der Waals surface area (Å²) in [5, 5.41) is 3.39. The van der Waals surface area contributed by atoms with E-state index in [2.05, 4.69) is 31.0 Å². The van der Waals surface area contributed by atoms with Gasteiger partial charge in [-0.1, -0.05) is 26.0 Å². The van der Waals surface area contributed by atoms with Crippen LogP contribution in [-0.4, -0.2) is 19.1 Å². The highest BCUT2D eigenvalue weighted by Crippen LogP contribution is 2.32.